The summed E-state index contributed by atoms with van der Waals surface area (Å²) in [6.07, 6.45) is 0.506. The zero-order valence-electron chi connectivity index (χ0n) is 14.5. The number of hydrogen-bond donors (Lipinski definition) is 2. The van der Waals surface area contributed by atoms with Crippen LogP contribution in [0.4, 0.5) is 0 Å². The Kier molecular flexibility index (Phi) is 6.20. The molecule has 2 rings (SSSR count). The standard InChI is InChI=1S/C18H22ClN3O3/c1-11(2)7-13(18(24)25)10-20-17(23)16-8-12(3)22(21-16)15-6-4-5-14(19)9-15/h4-6,8-9,11,13H,7,10H2,1-3H3,(H,20,23)(H,24,25). The van der Waals surface area contributed by atoms with Crippen LogP contribution >= 0.6 is 11.6 Å². The predicted octanol–water partition coefficient (Wildman–Crippen LogP) is 3.31. The maximum atomic E-state index is 12.3. The van der Waals surface area contributed by atoms with E-state index >= 15 is 0 Å². The van der Waals surface area contributed by atoms with Crippen LogP contribution in [0.1, 0.15) is 36.5 Å². The van der Waals surface area contributed by atoms with Crippen molar-refractivity contribution in [1.29, 1.82) is 0 Å². The van der Waals surface area contributed by atoms with Gasteiger partial charge >= 0.3 is 5.97 Å². The van der Waals surface area contributed by atoms with Gasteiger partial charge in [-0.05, 0) is 43.5 Å². The minimum Gasteiger partial charge on any atom is -0.481 e. The van der Waals surface area contributed by atoms with Crippen LogP contribution in [0, 0.1) is 18.8 Å². The van der Waals surface area contributed by atoms with E-state index in [1.54, 1.807) is 22.9 Å². The molecular formula is C18H22ClN3O3. The third-order valence-electron chi connectivity index (χ3n) is 3.79. The monoisotopic (exact) mass is 363 g/mol. The molecule has 1 aromatic heterocycles. The number of amides is 1. The van der Waals surface area contributed by atoms with E-state index in [0.717, 1.165) is 11.4 Å². The van der Waals surface area contributed by atoms with Crippen LogP contribution in [0.25, 0.3) is 5.69 Å². The zero-order chi connectivity index (χ0) is 18.6. The largest absolute Gasteiger partial charge is 0.481 e. The third kappa shape index (κ3) is 5.06. The molecule has 2 N–H and O–H groups in total. The lowest BCUT2D eigenvalue weighted by molar-refractivity contribution is -0.142. The molecule has 0 aliphatic rings. The fourth-order valence-corrected chi connectivity index (χ4v) is 2.79. The van der Waals surface area contributed by atoms with Gasteiger partial charge in [0, 0.05) is 17.3 Å². The molecule has 0 aliphatic heterocycles. The Morgan fingerprint density at radius 3 is 2.64 bits per heavy atom. The van der Waals surface area contributed by atoms with E-state index in [9.17, 15) is 14.7 Å². The van der Waals surface area contributed by atoms with Crippen molar-refractivity contribution >= 4 is 23.5 Å². The summed E-state index contributed by atoms with van der Waals surface area (Å²) in [4.78, 5) is 23.6. The first-order valence-electron chi connectivity index (χ1n) is 8.11. The molecule has 1 heterocycles. The van der Waals surface area contributed by atoms with Crippen LogP contribution in [-0.4, -0.2) is 33.3 Å². The molecule has 0 spiro atoms. The number of carbonyl (C=O) groups is 2. The van der Waals surface area contributed by atoms with Crippen LogP contribution in [-0.2, 0) is 4.79 Å². The highest BCUT2D eigenvalue weighted by molar-refractivity contribution is 6.30. The van der Waals surface area contributed by atoms with E-state index < -0.39 is 11.9 Å². The van der Waals surface area contributed by atoms with E-state index in [4.69, 9.17) is 11.6 Å². The average Bonchev–Trinajstić information content (AvgIpc) is 2.92. The average molecular weight is 364 g/mol. The summed E-state index contributed by atoms with van der Waals surface area (Å²) >= 11 is 6.00. The Morgan fingerprint density at radius 2 is 2.04 bits per heavy atom. The predicted molar refractivity (Wildman–Crippen MR) is 96.2 cm³/mol. The van der Waals surface area contributed by atoms with Gasteiger partial charge < -0.3 is 10.4 Å². The van der Waals surface area contributed by atoms with Crippen molar-refractivity contribution in [3.63, 3.8) is 0 Å². The number of nitrogens with one attached hydrogen (secondary N) is 1. The lowest BCUT2D eigenvalue weighted by Gasteiger charge is -2.14. The number of halogens is 1. The number of rotatable bonds is 7. The summed E-state index contributed by atoms with van der Waals surface area (Å²) in [7, 11) is 0. The second-order valence-electron chi connectivity index (χ2n) is 6.44. The summed E-state index contributed by atoms with van der Waals surface area (Å²) in [6.45, 7) is 5.82. The SMILES string of the molecule is Cc1cc(C(=O)NCC(CC(C)C)C(=O)O)nn1-c1cccc(Cl)c1. The van der Waals surface area contributed by atoms with Crippen molar-refractivity contribution in [3.05, 3.63) is 46.7 Å². The molecule has 25 heavy (non-hydrogen) atoms. The summed E-state index contributed by atoms with van der Waals surface area (Å²) < 4.78 is 1.63. The number of hydrogen-bond acceptors (Lipinski definition) is 3. The molecule has 0 radical (unpaired) electrons. The van der Waals surface area contributed by atoms with Gasteiger partial charge in [0.2, 0.25) is 0 Å². The highest BCUT2D eigenvalue weighted by atomic mass is 35.5. The zero-order valence-corrected chi connectivity index (χ0v) is 15.2. The van der Waals surface area contributed by atoms with E-state index in [-0.39, 0.29) is 24.1 Å². The molecule has 0 saturated carbocycles. The first-order valence-corrected chi connectivity index (χ1v) is 8.49. The molecule has 7 heteroatoms. The molecule has 0 saturated heterocycles. The Balaban J connectivity index is 2.10. The molecule has 1 amide bonds. The number of aliphatic carboxylic acids is 1. The Hall–Kier alpha value is -2.34. The lowest BCUT2D eigenvalue weighted by atomic mass is 9.97. The van der Waals surface area contributed by atoms with Gasteiger partial charge in [-0.25, -0.2) is 4.68 Å². The minimum absolute atomic E-state index is 0.0788. The number of aryl methyl sites for hydroxylation is 1. The van der Waals surface area contributed by atoms with Gasteiger partial charge in [-0.1, -0.05) is 31.5 Å². The number of benzene rings is 1. The fourth-order valence-electron chi connectivity index (χ4n) is 2.60. The van der Waals surface area contributed by atoms with Crippen LogP contribution in [0.2, 0.25) is 5.02 Å². The molecule has 0 fully saturated rings. The quantitative estimate of drug-likeness (QED) is 0.790. The van der Waals surface area contributed by atoms with Crippen molar-refractivity contribution < 1.29 is 14.7 Å². The molecule has 0 aliphatic carbocycles. The highest BCUT2D eigenvalue weighted by Crippen LogP contribution is 2.17. The molecule has 6 nitrogen and oxygen atoms in total. The third-order valence-corrected chi connectivity index (χ3v) is 4.02. The van der Waals surface area contributed by atoms with Crippen LogP contribution < -0.4 is 5.32 Å². The smallest absolute Gasteiger partial charge is 0.308 e. The van der Waals surface area contributed by atoms with Gasteiger partial charge in [-0.3, -0.25) is 9.59 Å². The lowest BCUT2D eigenvalue weighted by Crippen LogP contribution is -2.33. The van der Waals surface area contributed by atoms with Crippen LogP contribution in [0.5, 0.6) is 0 Å². The second-order valence-corrected chi connectivity index (χ2v) is 6.87. The fraction of sp³-hybridized carbons (Fsp3) is 0.389. The maximum absolute atomic E-state index is 12.3. The van der Waals surface area contributed by atoms with Crippen molar-refractivity contribution in [3.8, 4) is 5.69 Å². The summed E-state index contributed by atoms with van der Waals surface area (Å²) in [6, 6.07) is 8.83. The topological polar surface area (TPSA) is 84.2 Å². The molecule has 1 atom stereocenters. The van der Waals surface area contributed by atoms with Crippen molar-refractivity contribution in [1.82, 2.24) is 15.1 Å². The van der Waals surface area contributed by atoms with Gasteiger partial charge in [-0.15, -0.1) is 0 Å². The van der Waals surface area contributed by atoms with E-state index in [1.807, 2.05) is 32.9 Å². The van der Waals surface area contributed by atoms with Crippen LogP contribution in [0.3, 0.4) is 0 Å². The number of carboxylic acids is 1. The van der Waals surface area contributed by atoms with Gasteiger partial charge in [0.25, 0.3) is 5.91 Å². The number of nitrogens with zero attached hydrogens (tertiary/aromatic N) is 2. The van der Waals surface area contributed by atoms with Crippen molar-refractivity contribution in [2.24, 2.45) is 11.8 Å². The van der Waals surface area contributed by atoms with Gasteiger partial charge in [0.1, 0.15) is 0 Å². The molecule has 134 valence electrons. The van der Waals surface area contributed by atoms with Crippen LogP contribution in [0.15, 0.2) is 30.3 Å². The van der Waals surface area contributed by atoms with Crippen molar-refractivity contribution in [2.75, 3.05) is 6.54 Å². The molecule has 0 bridgehead atoms. The Morgan fingerprint density at radius 1 is 1.32 bits per heavy atom. The van der Waals surface area contributed by atoms with E-state index in [0.29, 0.717) is 11.4 Å². The van der Waals surface area contributed by atoms with Crippen molar-refractivity contribution in [2.45, 2.75) is 27.2 Å². The molecule has 1 unspecified atom stereocenters. The first-order chi connectivity index (χ1) is 11.8. The normalized spacial score (nSPS) is 12.2. The summed E-state index contributed by atoms with van der Waals surface area (Å²) in [5.74, 6) is -1.67. The minimum atomic E-state index is -0.908. The van der Waals surface area contributed by atoms with E-state index in [2.05, 4.69) is 10.4 Å². The number of carboxylic acid groups (broad SMARTS) is 1. The van der Waals surface area contributed by atoms with E-state index in [1.165, 1.54) is 0 Å². The number of aromatic nitrogens is 2. The Bertz CT molecular complexity index is 771. The maximum Gasteiger partial charge on any atom is 0.308 e. The first kappa shape index (κ1) is 19.0. The highest BCUT2D eigenvalue weighted by Gasteiger charge is 2.21. The summed E-state index contributed by atoms with van der Waals surface area (Å²) in [5.41, 5.74) is 1.78. The molecule has 1 aromatic carbocycles. The Labute approximate surface area is 151 Å². The molecule has 2 aromatic rings. The van der Waals surface area contributed by atoms with Gasteiger partial charge in [0.05, 0.1) is 11.6 Å². The molecular weight excluding hydrogens is 342 g/mol. The number of carbonyl (C=O) groups excluding carboxylic acids is 1. The summed E-state index contributed by atoms with van der Waals surface area (Å²) in [5, 5.41) is 16.8. The van der Waals surface area contributed by atoms with Gasteiger partial charge in [-0.2, -0.15) is 5.10 Å². The van der Waals surface area contributed by atoms with Gasteiger partial charge in [0.15, 0.2) is 5.69 Å². The second kappa shape index (κ2) is 8.16.